The lowest BCUT2D eigenvalue weighted by molar-refractivity contribution is 0.313. The Morgan fingerprint density at radius 1 is 1.00 bits per heavy atom. The van der Waals surface area contributed by atoms with E-state index in [1.165, 1.54) is 64.7 Å². The standard InChI is InChI=1S/C19H30N3P/c1-2-19(17-18-11-5-6-12-20-18)23(21-13-7-3-8-14-21)22-15-9-4-10-16-22/h5-6,11-12,17H,2-4,7-10,13-16H2,1H3. The fraction of sp³-hybridized carbons (Fsp3) is 0.632. The molecule has 0 N–H and O–H groups in total. The van der Waals surface area contributed by atoms with Crippen LogP contribution < -0.4 is 0 Å². The van der Waals surface area contributed by atoms with E-state index in [9.17, 15) is 0 Å². The Bertz CT molecular complexity index is 473. The minimum absolute atomic E-state index is 0.296. The van der Waals surface area contributed by atoms with Crippen LogP contribution in [0.25, 0.3) is 6.08 Å². The van der Waals surface area contributed by atoms with Crippen LogP contribution in [0.5, 0.6) is 0 Å². The van der Waals surface area contributed by atoms with Crippen LogP contribution >= 0.6 is 8.22 Å². The van der Waals surface area contributed by atoms with E-state index in [0.29, 0.717) is 0 Å². The molecule has 0 aromatic carbocycles. The topological polar surface area (TPSA) is 19.4 Å². The first-order valence-corrected chi connectivity index (χ1v) is 10.5. The van der Waals surface area contributed by atoms with E-state index >= 15 is 0 Å². The number of piperidine rings is 2. The molecular weight excluding hydrogens is 301 g/mol. The van der Waals surface area contributed by atoms with Crippen LogP contribution in [-0.2, 0) is 0 Å². The van der Waals surface area contributed by atoms with Gasteiger partial charge in [-0.2, -0.15) is 0 Å². The molecule has 0 atom stereocenters. The van der Waals surface area contributed by atoms with Crippen molar-refractivity contribution in [3.05, 3.63) is 35.4 Å². The minimum atomic E-state index is -0.296. The summed E-state index contributed by atoms with van der Waals surface area (Å²) in [6, 6.07) is 6.23. The van der Waals surface area contributed by atoms with Crippen LogP contribution in [0.4, 0.5) is 0 Å². The summed E-state index contributed by atoms with van der Waals surface area (Å²) in [5.74, 6) is 0. The average molecular weight is 331 g/mol. The van der Waals surface area contributed by atoms with Gasteiger partial charge in [0.1, 0.15) is 0 Å². The highest BCUT2D eigenvalue weighted by molar-refractivity contribution is 7.57. The molecule has 0 aliphatic carbocycles. The number of hydrogen-bond donors (Lipinski definition) is 0. The first-order chi connectivity index (χ1) is 11.4. The van der Waals surface area contributed by atoms with Gasteiger partial charge in [0.05, 0.1) is 13.9 Å². The van der Waals surface area contributed by atoms with Gasteiger partial charge in [-0.15, -0.1) is 0 Å². The highest BCUT2D eigenvalue weighted by Gasteiger charge is 2.30. The predicted molar refractivity (Wildman–Crippen MR) is 100 cm³/mol. The zero-order chi connectivity index (χ0) is 15.9. The van der Waals surface area contributed by atoms with Gasteiger partial charge >= 0.3 is 0 Å². The lowest BCUT2D eigenvalue weighted by Crippen LogP contribution is -2.35. The van der Waals surface area contributed by atoms with Gasteiger partial charge in [0.15, 0.2) is 0 Å². The van der Waals surface area contributed by atoms with Gasteiger partial charge in [-0.25, -0.2) is 0 Å². The Kier molecular flexibility index (Phi) is 6.62. The largest absolute Gasteiger partial charge is 0.266 e. The smallest absolute Gasteiger partial charge is 0.0682 e. The van der Waals surface area contributed by atoms with Crippen LogP contribution in [0.1, 0.15) is 57.6 Å². The second kappa shape index (κ2) is 8.92. The molecule has 0 unspecified atom stereocenters. The quantitative estimate of drug-likeness (QED) is 0.698. The zero-order valence-corrected chi connectivity index (χ0v) is 15.3. The second-order valence-corrected chi connectivity index (χ2v) is 8.85. The average Bonchev–Trinajstić information content (AvgIpc) is 2.64. The van der Waals surface area contributed by atoms with Crippen molar-refractivity contribution in [2.24, 2.45) is 0 Å². The van der Waals surface area contributed by atoms with E-state index in [1.807, 2.05) is 12.3 Å². The van der Waals surface area contributed by atoms with Crippen molar-refractivity contribution in [1.82, 2.24) is 14.3 Å². The lowest BCUT2D eigenvalue weighted by Gasteiger charge is -2.43. The molecule has 3 nitrogen and oxygen atoms in total. The molecule has 0 radical (unpaired) electrons. The van der Waals surface area contributed by atoms with Crippen molar-refractivity contribution < 1.29 is 0 Å². The normalized spacial score (nSPS) is 21.7. The van der Waals surface area contributed by atoms with E-state index < -0.39 is 0 Å². The highest BCUT2D eigenvalue weighted by Crippen LogP contribution is 2.55. The van der Waals surface area contributed by atoms with Gasteiger partial charge in [-0.05, 0) is 55.6 Å². The molecule has 2 aliphatic rings. The highest BCUT2D eigenvalue weighted by atomic mass is 31.1. The molecule has 4 heteroatoms. The molecule has 3 heterocycles. The van der Waals surface area contributed by atoms with E-state index in [-0.39, 0.29) is 8.22 Å². The number of aromatic nitrogens is 1. The van der Waals surface area contributed by atoms with Gasteiger partial charge < -0.3 is 0 Å². The fourth-order valence-corrected chi connectivity index (χ4v) is 6.55. The molecule has 1 aromatic heterocycles. The molecule has 1 aromatic rings. The van der Waals surface area contributed by atoms with E-state index in [4.69, 9.17) is 0 Å². The Labute approximate surface area is 142 Å². The number of allylic oxidation sites excluding steroid dienone is 1. The van der Waals surface area contributed by atoms with Gasteiger partial charge in [-0.3, -0.25) is 14.3 Å². The molecular formula is C19H30N3P. The maximum absolute atomic E-state index is 4.54. The SMILES string of the molecule is CCC(=Cc1ccccn1)P(N1CCCCC1)N1CCCCC1. The molecule has 23 heavy (non-hydrogen) atoms. The van der Waals surface area contributed by atoms with Crippen molar-refractivity contribution in [2.45, 2.75) is 51.9 Å². The van der Waals surface area contributed by atoms with Crippen LogP contribution in [0.3, 0.4) is 0 Å². The number of rotatable bonds is 5. The first kappa shape index (κ1) is 17.1. The van der Waals surface area contributed by atoms with Crippen molar-refractivity contribution in [1.29, 1.82) is 0 Å². The predicted octanol–water partition coefficient (Wildman–Crippen LogP) is 5.12. The molecule has 0 bridgehead atoms. The van der Waals surface area contributed by atoms with Gasteiger partial charge in [0.25, 0.3) is 0 Å². The number of pyridine rings is 1. The zero-order valence-electron chi connectivity index (χ0n) is 14.5. The maximum Gasteiger partial charge on any atom is 0.0682 e. The summed E-state index contributed by atoms with van der Waals surface area (Å²) in [4.78, 5) is 4.54. The Morgan fingerprint density at radius 2 is 1.61 bits per heavy atom. The van der Waals surface area contributed by atoms with E-state index in [1.54, 1.807) is 5.31 Å². The Hall–Kier alpha value is -0.760. The molecule has 126 valence electrons. The summed E-state index contributed by atoms with van der Waals surface area (Å²) in [5, 5.41) is 1.60. The van der Waals surface area contributed by atoms with E-state index in [0.717, 1.165) is 12.1 Å². The summed E-state index contributed by atoms with van der Waals surface area (Å²) in [6.07, 6.45) is 13.7. The van der Waals surface area contributed by atoms with Crippen LogP contribution in [0.2, 0.25) is 0 Å². The van der Waals surface area contributed by atoms with Crippen LogP contribution in [0.15, 0.2) is 29.7 Å². The maximum atomic E-state index is 4.54. The summed E-state index contributed by atoms with van der Waals surface area (Å²) >= 11 is 0. The third-order valence-electron chi connectivity index (χ3n) is 4.82. The number of hydrogen-bond acceptors (Lipinski definition) is 3. The molecule has 0 amide bonds. The van der Waals surface area contributed by atoms with Crippen molar-refractivity contribution >= 4 is 14.3 Å². The van der Waals surface area contributed by atoms with Crippen LogP contribution in [0, 0.1) is 0 Å². The lowest BCUT2D eigenvalue weighted by atomic mass is 10.2. The summed E-state index contributed by atoms with van der Waals surface area (Å²) in [5.41, 5.74) is 1.12. The van der Waals surface area contributed by atoms with Crippen LogP contribution in [-0.4, -0.2) is 40.5 Å². The summed E-state index contributed by atoms with van der Waals surface area (Å²) < 4.78 is 5.59. The minimum Gasteiger partial charge on any atom is -0.266 e. The van der Waals surface area contributed by atoms with Gasteiger partial charge in [0.2, 0.25) is 0 Å². The monoisotopic (exact) mass is 331 g/mol. The van der Waals surface area contributed by atoms with Gasteiger partial charge in [-0.1, -0.05) is 25.8 Å². The van der Waals surface area contributed by atoms with Gasteiger partial charge in [0, 0.05) is 32.4 Å². The molecule has 0 spiro atoms. The number of nitrogens with zero attached hydrogens (tertiary/aromatic N) is 3. The third-order valence-corrected chi connectivity index (χ3v) is 7.65. The van der Waals surface area contributed by atoms with E-state index in [2.05, 4.69) is 39.5 Å². The fourth-order valence-electron chi connectivity index (χ4n) is 3.61. The first-order valence-electron chi connectivity index (χ1n) is 9.30. The Morgan fingerprint density at radius 3 is 2.09 bits per heavy atom. The Balaban J connectivity index is 1.86. The molecule has 0 saturated carbocycles. The van der Waals surface area contributed by atoms with Crippen molar-refractivity contribution in [3.8, 4) is 0 Å². The molecule has 2 aliphatic heterocycles. The summed E-state index contributed by atoms with van der Waals surface area (Å²) in [7, 11) is -0.296. The summed E-state index contributed by atoms with van der Waals surface area (Å²) in [6.45, 7) is 7.44. The van der Waals surface area contributed by atoms with Crippen molar-refractivity contribution in [2.75, 3.05) is 26.2 Å². The molecule has 3 rings (SSSR count). The molecule has 2 fully saturated rings. The van der Waals surface area contributed by atoms with Crippen molar-refractivity contribution in [3.63, 3.8) is 0 Å². The third kappa shape index (κ3) is 4.62. The molecule has 2 saturated heterocycles. The second-order valence-electron chi connectivity index (χ2n) is 6.56.